The van der Waals surface area contributed by atoms with E-state index >= 15 is 0 Å². The van der Waals surface area contributed by atoms with E-state index < -0.39 is 11.7 Å². The van der Waals surface area contributed by atoms with Crippen LogP contribution in [0.15, 0.2) is 42.5 Å². The summed E-state index contributed by atoms with van der Waals surface area (Å²) in [5.41, 5.74) is 1.37. The molecule has 0 bridgehead atoms. The number of phenols is 1. The highest BCUT2D eigenvalue weighted by atomic mass is 19.1. The summed E-state index contributed by atoms with van der Waals surface area (Å²) < 4.78 is 13.1. The zero-order valence-corrected chi connectivity index (χ0v) is 10.2. The van der Waals surface area contributed by atoms with Gasteiger partial charge in [-0.15, -0.1) is 0 Å². The van der Waals surface area contributed by atoms with Crippen LogP contribution in [-0.2, 0) is 0 Å². The van der Waals surface area contributed by atoms with E-state index in [1.807, 2.05) is 12.1 Å². The fourth-order valence-corrected chi connectivity index (χ4v) is 1.85. The lowest BCUT2D eigenvalue weighted by molar-refractivity contribution is 0.101. The summed E-state index contributed by atoms with van der Waals surface area (Å²) in [5, 5.41) is 12.0. The van der Waals surface area contributed by atoms with Gasteiger partial charge in [0.15, 0.2) is 5.82 Å². The second-order valence-corrected chi connectivity index (χ2v) is 4.22. The molecular formula is C14H10FN3O2. The van der Waals surface area contributed by atoms with Gasteiger partial charge in [0, 0.05) is 6.07 Å². The molecule has 0 saturated heterocycles. The van der Waals surface area contributed by atoms with Gasteiger partial charge in [-0.3, -0.25) is 4.79 Å². The number of para-hydroxylation sites is 2. The number of rotatable bonds is 2. The second-order valence-electron chi connectivity index (χ2n) is 4.22. The number of hydrogen-bond acceptors (Lipinski definition) is 3. The van der Waals surface area contributed by atoms with Crippen LogP contribution in [0.2, 0.25) is 0 Å². The number of phenolic OH excluding ortho intramolecular Hbond substituents is 1. The van der Waals surface area contributed by atoms with Crippen LogP contribution < -0.4 is 5.32 Å². The number of amides is 1. The molecule has 5 nitrogen and oxygen atoms in total. The topological polar surface area (TPSA) is 78.0 Å². The summed E-state index contributed by atoms with van der Waals surface area (Å²) >= 11 is 0. The van der Waals surface area contributed by atoms with Gasteiger partial charge in [-0.2, -0.15) is 0 Å². The fourth-order valence-electron chi connectivity index (χ4n) is 1.85. The molecule has 0 fully saturated rings. The van der Waals surface area contributed by atoms with Crippen molar-refractivity contribution in [2.75, 3.05) is 5.32 Å². The van der Waals surface area contributed by atoms with Crippen molar-refractivity contribution in [3.05, 3.63) is 54.1 Å². The summed E-state index contributed by atoms with van der Waals surface area (Å²) in [6.45, 7) is 0. The molecule has 6 heteroatoms. The maximum absolute atomic E-state index is 13.1. The number of imidazole rings is 1. The molecule has 0 unspecified atom stereocenters. The van der Waals surface area contributed by atoms with Crippen molar-refractivity contribution < 1.29 is 14.3 Å². The first-order chi connectivity index (χ1) is 9.63. The number of aromatic hydroxyl groups is 1. The van der Waals surface area contributed by atoms with Gasteiger partial charge in [-0.05, 0) is 24.3 Å². The first-order valence-corrected chi connectivity index (χ1v) is 5.88. The third-order valence-electron chi connectivity index (χ3n) is 2.81. The summed E-state index contributed by atoms with van der Waals surface area (Å²) in [6.07, 6.45) is 0. The monoisotopic (exact) mass is 271 g/mol. The third-order valence-corrected chi connectivity index (χ3v) is 2.81. The van der Waals surface area contributed by atoms with E-state index in [0.29, 0.717) is 5.52 Å². The van der Waals surface area contributed by atoms with Crippen LogP contribution in [0.25, 0.3) is 11.0 Å². The number of carbonyl (C=O) groups is 1. The van der Waals surface area contributed by atoms with Crippen molar-refractivity contribution in [1.82, 2.24) is 9.97 Å². The number of nitrogens with one attached hydrogen (secondary N) is 2. The molecule has 0 aliphatic heterocycles. The van der Waals surface area contributed by atoms with Gasteiger partial charge < -0.3 is 15.4 Å². The average Bonchev–Trinajstić information content (AvgIpc) is 2.87. The summed E-state index contributed by atoms with van der Waals surface area (Å²) in [5.74, 6) is -1.23. The molecular weight excluding hydrogens is 261 g/mol. The molecule has 2 aromatic carbocycles. The Balaban J connectivity index is 1.90. The van der Waals surface area contributed by atoms with Gasteiger partial charge in [0.25, 0.3) is 5.91 Å². The fraction of sp³-hybridized carbons (Fsp3) is 0. The molecule has 20 heavy (non-hydrogen) atoms. The standard InChI is InChI=1S/C14H10FN3O2/c15-8-5-6-12(19)11(7-8)18-14(20)13-16-9-3-1-2-4-10(9)17-13/h1-7,19H,(H,16,17)(H,18,20). The molecule has 0 aliphatic rings. The maximum atomic E-state index is 13.1. The Morgan fingerprint density at radius 2 is 2.05 bits per heavy atom. The summed E-state index contributed by atoms with van der Waals surface area (Å²) in [6, 6.07) is 10.5. The van der Waals surface area contributed by atoms with Crippen LogP contribution >= 0.6 is 0 Å². The van der Waals surface area contributed by atoms with Crippen molar-refractivity contribution in [3.8, 4) is 5.75 Å². The van der Waals surface area contributed by atoms with Gasteiger partial charge in [-0.1, -0.05) is 12.1 Å². The first kappa shape index (κ1) is 12.2. The summed E-state index contributed by atoms with van der Waals surface area (Å²) in [7, 11) is 0. The Morgan fingerprint density at radius 3 is 2.85 bits per heavy atom. The van der Waals surface area contributed by atoms with E-state index in [9.17, 15) is 14.3 Å². The van der Waals surface area contributed by atoms with E-state index in [-0.39, 0.29) is 17.3 Å². The highest BCUT2D eigenvalue weighted by molar-refractivity contribution is 6.04. The third kappa shape index (κ3) is 2.18. The Morgan fingerprint density at radius 1 is 1.25 bits per heavy atom. The van der Waals surface area contributed by atoms with E-state index in [4.69, 9.17) is 0 Å². The van der Waals surface area contributed by atoms with Crippen molar-refractivity contribution in [1.29, 1.82) is 0 Å². The lowest BCUT2D eigenvalue weighted by Gasteiger charge is -2.05. The van der Waals surface area contributed by atoms with Gasteiger partial charge in [0.1, 0.15) is 11.6 Å². The predicted octanol–water partition coefficient (Wildman–Crippen LogP) is 2.66. The molecule has 3 rings (SSSR count). The lowest BCUT2D eigenvalue weighted by Crippen LogP contribution is -2.13. The minimum Gasteiger partial charge on any atom is -0.506 e. The lowest BCUT2D eigenvalue weighted by atomic mass is 10.3. The summed E-state index contributed by atoms with van der Waals surface area (Å²) in [4.78, 5) is 19.0. The van der Waals surface area contributed by atoms with E-state index in [2.05, 4.69) is 15.3 Å². The van der Waals surface area contributed by atoms with E-state index in [1.165, 1.54) is 6.07 Å². The van der Waals surface area contributed by atoms with Crippen LogP contribution in [0.5, 0.6) is 5.75 Å². The number of anilines is 1. The largest absolute Gasteiger partial charge is 0.506 e. The Bertz CT molecular complexity index is 765. The number of aromatic nitrogens is 2. The van der Waals surface area contributed by atoms with Crippen LogP contribution in [0, 0.1) is 5.82 Å². The molecule has 0 aliphatic carbocycles. The van der Waals surface area contributed by atoms with E-state index in [0.717, 1.165) is 17.6 Å². The Hall–Kier alpha value is -2.89. The highest BCUT2D eigenvalue weighted by Crippen LogP contribution is 2.24. The second kappa shape index (κ2) is 4.65. The molecule has 0 atom stereocenters. The Kier molecular flexibility index (Phi) is 2.83. The van der Waals surface area contributed by atoms with Gasteiger partial charge in [0.05, 0.1) is 16.7 Å². The van der Waals surface area contributed by atoms with Crippen molar-refractivity contribution in [2.24, 2.45) is 0 Å². The number of fused-ring (bicyclic) bond motifs is 1. The predicted molar refractivity (Wildman–Crippen MR) is 72.1 cm³/mol. The average molecular weight is 271 g/mol. The van der Waals surface area contributed by atoms with Gasteiger partial charge in [-0.25, -0.2) is 9.37 Å². The van der Waals surface area contributed by atoms with Crippen LogP contribution in [0.1, 0.15) is 10.6 Å². The first-order valence-electron chi connectivity index (χ1n) is 5.88. The number of nitrogens with zero attached hydrogens (tertiary/aromatic N) is 1. The van der Waals surface area contributed by atoms with Crippen LogP contribution in [0.3, 0.4) is 0 Å². The minimum atomic E-state index is -0.554. The van der Waals surface area contributed by atoms with Crippen molar-refractivity contribution >= 4 is 22.6 Å². The number of halogens is 1. The van der Waals surface area contributed by atoms with Crippen LogP contribution in [-0.4, -0.2) is 21.0 Å². The highest BCUT2D eigenvalue weighted by Gasteiger charge is 2.13. The number of aromatic amines is 1. The number of hydrogen-bond donors (Lipinski definition) is 3. The number of carbonyl (C=O) groups excluding carboxylic acids is 1. The SMILES string of the molecule is O=C(Nc1cc(F)ccc1O)c1nc2ccccc2[nH]1. The molecule has 100 valence electrons. The van der Waals surface area contributed by atoms with Gasteiger partial charge in [0.2, 0.25) is 0 Å². The minimum absolute atomic E-state index is 0.00421. The van der Waals surface area contributed by atoms with Crippen LogP contribution in [0.4, 0.5) is 10.1 Å². The zero-order chi connectivity index (χ0) is 14.1. The number of benzene rings is 2. The molecule has 3 N–H and O–H groups in total. The smallest absolute Gasteiger partial charge is 0.291 e. The maximum Gasteiger partial charge on any atom is 0.291 e. The molecule has 0 saturated carbocycles. The molecule has 1 aromatic heterocycles. The molecule has 0 spiro atoms. The normalized spacial score (nSPS) is 10.7. The van der Waals surface area contributed by atoms with E-state index in [1.54, 1.807) is 12.1 Å². The molecule has 1 amide bonds. The van der Waals surface area contributed by atoms with Gasteiger partial charge >= 0.3 is 0 Å². The Labute approximate surface area is 113 Å². The van der Waals surface area contributed by atoms with Crippen molar-refractivity contribution in [3.63, 3.8) is 0 Å². The molecule has 1 heterocycles. The molecule has 3 aromatic rings. The molecule has 0 radical (unpaired) electrons. The zero-order valence-electron chi connectivity index (χ0n) is 10.2. The quantitative estimate of drug-likeness (QED) is 0.627. The van der Waals surface area contributed by atoms with Crippen molar-refractivity contribution in [2.45, 2.75) is 0 Å². The number of H-pyrrole nitrogens is 1.